The zero-order chi connectivity index (χ0) is 29.8. The van der Waals surface area contributed by atoms with E-state index in [1.165, 1.54) is 0 Å². The molecule has 8 nitrogen and oxygen atoms in total. The largest absolute Gasteiger partial charge is 0.381 e. The minimum absolute atomic E-state index is 0.0467. The summed E-state index contributed by atoms with van der Waals surface area (Å²) in [5.41, 5.74) is -0.617. The van der Waals surface area contributed by atoms with Crippen LogP contribution in [0.3, 0.4) is 0 Å². The summed E-state index contributed by atoms with van der Waals surface area (Å²) < 4.78 is 79.5. The quantitative estimate of drug-likeness (QED) is 0.624. The Balaban J connectivity index is 1.47. The smallest absolute Gasteiger partial charge is 0.255 e. The van der Waals surface area contributed by atoms with E-state index in [-0.39, 0.29) is 59.9 Å². The lowest BCUT2D eigenvalue weighted by Gasteiger charge is -2.29. The number of imide groups is 1. The molecule has 0 aromatic heterocycles. The number of morpholine rings is 1. The third-order valence-corrected chi connectivity index (χ3v) is 6.00. The van der Waals surface area contributed by atoms with Crippen LogP contribution in [-0.4, -0.2) is 59.8 Å². The van der Waals surface area contributed by atoms with E-state index < -0.39 is 66.3 Å². The van der Waals surface area contributed by atoms with E-state index in [2.05, 4.69) is 5.32 Å². The molecule has 9 heteroatoms. The molecule has 5 rings (SSSR count). The first-order chi connectivity index (χ1) is 19.4. The van der Waals surface area contributed by atoms with Crippen LogP contribution in [0.5, 0.6) is 0 Å². The molecule has 2 N–H and O–H groups in total. The topological polar surface area (TPSA) is 91.0 Å². The highest BCUT2D eigenvalue weighted by Crippen LogP contribution is 2.32. The SMILES string of the molecule is [2H]c1c([2H])c(NCc2c([2H])c([2H])c(CN3CCOCC3)c([2H])c2F)c2c(c1[2H])C(=O)N([C@]1([2H])CCC(=O)NC1=O)C2. The predicted molar refractivity (Wildman–Crippen MR) is 122 cm³/mol. The van der Waals surface area contributed by atoms with Crippen LogP contribution in [0.4, 0.5) is 10.1 Å². The first kappa shape index (κ1) is 15.6. The molecule has 0 radical (unpaired) electrons. The van der Waals surface area contributed by atoms with Crippen molar-refractivity contribution in [2.24, 2.45) is 0 Å². The van der Waals surface area contributed by atoms with Crippen molar-refractivity contribution in [3.8, 4) is 0 Å². The van der Waals surface area contributed by atoms with Gasteiger partial charge in [-0.15, -0.1) is 0 Å². The lowest BCUT2D eigenvalue weighted by molar-refractivity contribution is -0.136. The second-order valence-corrected chi connectivity index (χ2v) is 8.21. The van der Waals surface area contributed by atoms with Gasteiger partial charge in [-0.25, -0.2) is 4.39 Å². The molecule has 2 aromatic rings. The summed E-state index contributed by atoms with van der Waals surface area (Å²) in [6.45, 7) is 1.29. The molecule has 0 aliphatic carbocycles. The van der Waals surface area contributed by atoms with Crippen molar-refractivity contribution in [2.45, 2.75) is 38.5 Å². The number of nitrogens with one attached hydrogen (secondary N) is 2. The Bertz CT molecular complexity index is 1460. The Morgan fingerprint density at radius 1 is 1.21 bits per heavy atom. The zero-order valence-corrected chi connectivity index (χ0v) is 18.3. The molecule has 0 unspecified atom stereocenters. The van der Waals surface area contributed by atoms with Crippen LogP contribution in [-0.2, 0) is 34.0 Å². The summed E-state index contributed by atoms with van der Waals surface area (Å²) >= 11 is 0. The molecule has 34 heavy (non-hydrogen) atoms. The minimum atomic E-state index is -2.16. The molecule has 1 atom stereocenters. The number of hydrogen-bond acceptors (Lipinski definition) is 6. The zero-order valence-electron chi connectivity index (χ0n) is 25.3. The van der Waals surface area contributed by atoms with Crippen molar-refractivity contribution in [1.82, 2.24) is 15.1 Å². The molecule has 2 fully saturated rings. The number of benzene rings is 2. The maximum atomic E-state index is 15.4. The van der Waals surface area contributed by atoms with Gasteiger partial charge in [0.25, 0.3) is 5.91 Å². The van der Waals surface area contributed by atoms with Gasteiger partial charge in [0, 0.05) is 61.5 Å². The Morgan fingerprint density at radius 3 is 2.82 bits per heavy atom. The van der Waals surface area contributed by atoms with E-state index in [0.717, 1.165) is 4.90 Å². The summed E-state index contributed by atoms with van der Waals surface area (Å²) in [6.07, 6.45) is -0.461. The van der Waals surface area contributed by atoms with Gasteiger partial charge in [0.2, 0.25) is 11.8 Å². The van der Waals surface area contributed by atoms with Gasteiger partial charge in [0.05, 0.1) is 22.8 Å². The molecule has 2 saturated heterocycles. The van der Waals surface area contributed by atoms with Crippen LogP contribution in [0.2, 0.25) is 0 Å². The van der Waals surface area contributed by atoms with Gasteiger partial charge < -0.3 is 15.0 Å². The molecule has 0 bridgehead atoms. The van der Waals surface area contributed by atoms with Gasteiger partial charge in [-0.05, 0) is 30.1 Å². The molecular weight excluding hydrogens is 439 g/mol. The van der Waals surface area contributed by atoms with Crippen LogP contribution in [0, 0.1) is 5.82 Å². The fourth-order valence-electron chi connectivity index (χ4n) is 4.18. The highest BCUT2D eigenvalue weighted by atomic mass is 19.1. The third-order valence-electron chi connectivity index (χ3n) is 6.00. The number of ether oxygens (including phenoxy) is 1. The van der Waals surface area contributed by atoms with Crippen LogP contribution in [0.25, 0.3) is 0 Å². The molecule has 3 heterocycles. The normalized spacial score (nSPS) is 26.0. The number of fused-ring (bicyclic) bond motifs is 1. The fourth-order valence-corrected chi connectivity index (χ4v) is 4.18. The number of anilines is 1. The van der Waals surface area contributed by atoms with Crippen molar-refractivity contribution in [1.29, 1.82) is 0 Å². The number of carbonyl (C=O) groups is 3. The second-order valence-electron chi connectivity index (χ2n) is 8.21. The van der Waals surface area contributed by atoms with Gasteiger partial charge in [-0.2, -0.15) is 0 Å². The fraction of sp³-hybridized carbons (Fsp3) is 0.400. The number of hydrogen-bond donors (Lipinski definition) is 2. The van der Waals surface area contributed by atoms with Crippen LogP contribution in [0.1, 0.15) is 49.5 Å². The number of nitrogens with zero attached hydrogens (tertiary/aromatic N) is 2. The summed E-state index contributed by atoms with van der Waals surface area (Å²) in [7, 11) is 0. The van der Waals surface area contributed by atoms with E-state index >= 15 is 4.39 Å². The maximum absolute atomic E-state index is 15.4. The Hall–Kier alpha value is -3.30. The second kappa shape index (κ2) is 9.52. The lowest BCUT2D eigenvalue weighted by atomic mass is 10.0. The van der Waals surface area contributed by atoms with E-state index in [9.17, 15) is 14.4 Å². The monoisotopic (exact) mass is 473 g/mol. The highest BCUT2D eigenvalue weighted by Gasteiger charge is 2.39. The Kier molecular flexibility index (Phi) is 4.36. The van der Waals surface area contributed by atoms with E-state index in [1.54, 1.807) is 0 Å². The van der Waals surface area contributed by atoms with E-state index in [1.807, 2.05) is 10.2 Å². The van der Waals surface area contributed by atoms with E-state index in [4.69, 9.17) is 14.3 Å². The average molecular weight is 474 g/mol. The average Bonchev–Trinajstić information content (AvgIpc) is 3.30. The maximum Gasteiger partial charge on any atom is 0.255 e. The summed E-state index contributed by atoms with van der Waals surface area (Å²) in [5.74, 6) is -3.49. The van der Waals surface area contributed by atoms with Crippen molar-refractivity contribution in [3.63, 3.8) is 0 Å². The van der Waals surface area contributed by atoms with E-state index in [0.29, 0.717) is 26.3 Å². The van der Waals surface area contributed by atoms with Crippen molar-refractivity contribution in [3.05, 3.63) is 64.3 Å². The molecule has 3 amide bonds. The number of carbonyl (C=O) groups excluding carboxylic acids is 3. The molecular formula is C25H27FN4O4. The summed E-state index contributed by atoms with van der Waals surface area (Å²) in [4.78, 5) is 40.3. The van der Waals surface area contributed by atoms with Gasteiger partial charge >= 0.3 is 0 Å². The van der Waals surface area contributed by atoms with Crippen LogP contribution < -0.4 is 10.6 Å². The first-order valence-electron chi connectivity index (χ1n) is 14.5. The number of halogens is 1. The molecule has 3 aliphatic rings. The van der Waals surface area contributed by atoms with Gasteiger partial charge in [0.1, 0.15) is 11.8 Å². The standard InChI is InChI=1S/C25H27FN4O4/c26-20-12-16(14-29-8-10-34-11-9-29)4-5-17(20)13-27-21-3-1-2-18-19(21)15-30(25(18)33)22-6-7-23(31)28-24(22)32/h1-5,12,22,27H,6-11,13-15H2,(H,28,31,32)/t22-/m1/s1/i1D,2D,3D,4D,5D,12D,22D. The van der Waals surface area contributed by atoms with Crippen LogP contribution >= 0.6 is 0 Å². The molecule has 0 saturated carbocycles. The summed E-state index contributed by atoms with van der Waals surface area (Å²) in [5, 5.41) is 4.81. The van der Waals surface area contributed by atoms with Crippen molar-refractivity contribution >= 4 is 23.4 Å². The van der Waals surface area contributed by atoms with Gasteiger partial charge in [-0.1, -0.05) is 18.1 Å². The Morgan fingerprint density at radius 2 is 2.03 bits per heavy atom. The third kappa shape index (κ3) is 4.53. The number of piperidine rings is 1. The predicted octanol–water partition coefficient (Wildman–Crippen LogP) is 2.03. The lowest BCUT2D eigenvalue weighted by Crippen LogP contribution is -2.52. The van der Waals surface area contributed by atoms with Crippen molar-refractivity contribution < 1.29 is 33.1 Å². The molecule has 3 aliphatic heterocycles. The molecule has 2 aromatic carbocycles. The highest BCUT2D eigenvalue weighted by molar-refractivity contribution is 6.06. The van der Waals surface area contributed by atoms with Gasteiger partial charge in [0.15, 0.2) is 0 Å². The summed E-state index contributed by atoms with van der Waals surface area (Å²) in [6, 6.07) is -5.11. The molecule has 0 spiro atoms. The van der Waals surface area contributed by atoms with Crippen LogP contribution in [0.15, 0.2) is 36.3 Å². The first-order valence-corrected chi connectivity index (χ1v) is 11.0. The van der Waals surface area contributed by atoms with Crippen molar-refractivity contribution in [2.75, 3.05) is 31.6 Å². The number of rotatable bonds is 6. The van der Waals surface area contributed by atoms with Gasteiger partial charge in [-0.3, -0.25) is 24.6 Å². The number of amides is 3. The molecule has 178 valence electrons. The Labute approximate surface area is 206 Å². The minimum Gasteiger partial charge on any atom is -0.381 e.